The topological polar surface area (TPSA) is 35.6 Å². The van der Waals surface area contributed by atoms with E-state index in [1.165, 1.54) is 54.2 Å². The van der Waals surface area contributed by atoms with E-state index in [2.05, 4.69) is 204 Å². The molecule has 276 valence electrons. The lowest BCUT2D eigenvalue weighted by Gasteiger charge is -2.14. The van der Waals surface area contributed by atoms with Crippen molar-refractivity contribution >= 4 is 88.6 Å². The lowest BCUT2D eigenvalue weighted by molar-refractivity contribution is 1.02. The summed E-state index contributed by atoms with van der Waals surface area (Å²) in [6.07, 6.45) is 2.30. The van der Waals surface area contributed by atoms with Crippen LogP contribution in [0.5, 0.6) is 0 Å². The summed E-state index contributed by atoms with van der Waals surface area (Å²) in [5.74, 6) is 1.53. The van der Waals surface area contributed by atoms with Crippen molar-refractivity contribution in [2.24, 2.45) is 0 Å². The van der Waals surface area contributed by atoms with E-state index in [4.69, 9.17) is 16.5 Å². The Morgan fingerprint density at radius 3 is 1.92 bits per heavy atom. The molecule has 12 aromatic rings. The second-order valence-electron chi connectivity index (χ2n) is 15.5. The summed E-state index contributed by atoms with van der Waals surface area (Å²) in [7, 11) is 0. The van der Waals surface area contributed by atoms with Gasteiger partial charge in [-0.15, -0.1) is 0 Å². The Balaban J connectivity index is 1.11. The molecule has 0 spiro atoms. The number of rotatable bonds is 4. The van der Waals surface area contributed by atoms with Crippen LogP contribution in [0.3, 0.4) is 0 Å². The summed E-state index contributed by atoms with van der Waals surface area (Å²) in [5.41, 5.74) is 8.60. The van der Waals surface area contributed by atoms with Crippen LogP contribution in [0, 0.1) is 6.92 Å². The fraction of sp³-hybridized carbons (Fsp3) is 0.0182. The Labute approximate surface area is 339 Å². The average molecular weight is 753 g/mol. The first-order valence-corrected chi connectivity index (χ1v) is 20.1. The highest BCUT2D eigenvalue weighted by Gasteiger charge is 2.20. The van der Waals surface area contributed by atoms with Gasteiger partial charge < -0.3 is 4.57 Å². The van der Waals surface area contributed by atoms with Gasteiger partial charge in [-0.25, -0.2) is 9.97 Å². The molecule has 4 nitrogen and oxygen atoms in total. The van der Waals surface area contributed by atoms with Gasteiger partial charge in [-0.05, 0) is 92.3 Å². The molecule has 9 aromatic carbocycles. The van der Waals surface area contributed by atoms with Crippen molar-refractivity contribution in [1.82, 2.24) is 19.1 Å². The fourth-order valence-corrected chi connectivity index (χ4v) is 9.40. The standard InChI is InChI=1S/C55H36N4/c1-34-38(16-13-25-49(34)58-51-24-12-9-20-45(51)46-31-28-37-15-4-6-19-44(37)53(46)58)33-52-35(2)41-17-8-11-23-50(41)59(52)55-47-21-7-10-22-48(47)56-54(57-55)40-29-30-43-39(32-40)27-26-36-14-3-5-18-42(36)43/h3-33H,1H2,2H3/b38-33-. The van der Waals surface area contributed by atoms with Crippen molar-refractivity contribution in [3.63, 3.8) is 0 Å². The molecule has 3 aromatic heterocycles. The molecule has 0 radical (unpaired) electrons. The number of hydrogen-bond donors (Lipinski definition) is 0. The summed E-state index contributed by atoms with van der Waals surface area (Å²) < 4.78 is 4.73. The Morgan fingerprint density at radius 2 is 1.08 bits per heavy atom. The third kappa shape index (κ3) is 5.03. The van der Waals surface area contributed by atoms with E-state index < -0.39 is 0 Å². The van der Waals surface area contributed by atoms with Crippen LogP contribution in [0.1, 0.15) is 11.3 Å². The zero-order valence-corrected chi connectivity index (χ0v) is 32.4. The molecule has 0 N–H and O–H groups in total. The molecule has 0 atom stereocenters. The van der Waals surface area contributed by atoms with E-state index in [0.717, 1.165) is 60.5 Å². The quantitative estimate of drug-likeness (QED) is 0.168. The highest BCUT2D eigenvalue weighted by molar-refractivity contribution is 6.18. The summed E-state index contributed by atoms with van der Waals surface area (Å²) in [5, 5.41) is 13.9. The number of aryl methyl sites for hydroxylation is 1. The molecule has 59 heavy (non-hydrogen) atoms. The number of para-hydroxylation sites is 3. The van der Waals surface area contributed by atoms with Crippen LogP contribution < -0.4 is 10.4 Å². The lowest BCUT2D eigenvalue weighted by atomic mass is 10.00. The first-order valence-electron chi connectivity index (χ1n) is 20.1. The average Bonchev–Trinajstić information content (AvgIpc) is 3.77. The van der Waals surface area contributed by atoms with Gasteiger partial charge in [-0.3, -0.25) is 4.57 Å². The van der Waals surface area contributed by atoms with E-state index >= 15 is 0 Å². The smallest absolute Gasteiger partial charge is 0.162 e. The first-order chi connectivity index (χ1) is 29.1. The SMILES string of the molecule is C=c1c(-n2c3ccccc3c3ccc4ccccc4c32)ccc/c1=C/c1c(C)c2ccccc2n1-c1nc(-c2ccc3c(ccc4ccccc43)c2)nc2ccccc12. The van der Waals surface area contributed by atoms with E-state index in [1.54, 1.807) is 0 Å². The van der Waals surface area contributed by atoms with Crippen LogP contribution in [0.2, 0.25) is 0 Å². The molecule has 0 saturated carbocycles. The van der Waals surface area contributed by atoms with Gasteiger partial charge in [-0.2, -0.15) is 0 Å². The second-order valence-corrected chi connectivity index (χ2v) is 15.5. The van der Waals surface area contributed by atoms with Crippen molar-refractivity contribution in [3.05, 3.63) is 204 Å². The maximum Gasteiger partial charge on any atom is 0.162 e. The minimum Gasteiger partial charge on any atom is -0.308 e. The molecule has 0 fully saturated rings. The van der Waals surface area contributed by atoms with Crippen LogP contribution in [0.25, 0.3) is 111 Å². The zero-order valence-electron chi connectivity index (χ0n) is 32.4. The Kier molecular flexibility index (Phi) is 7.26. The molecule has 0 amide bonds. The molecule has 0 unspecified atom stereocenters. The molecule has 4 heteroatoms. The highest BCUT2D eigenvalue weighted by atomic mass is 15.1. The molecule has 0 aliphatic heterocycles. The van der Waals surface area contributed by atoms with Gasteiger partial charge in [-0.1, -0.05) is 152 Å². The lowest BCUT2D eigenvalue weighted by Crippen LogP contribution is -2.28. The predicted molar refractivity (Wildman–Crippen MR) is 248 cm³/mol. The highest BCUT2D eigenvalue weighted by Crippen LogP contribution is 2.37. The van der Waals surface area contributed by atoms with Gasteiger partial charge in [0.05, 0.1) is 33.4 Å². The summed E-state index contributed by atoms with van der Waals surface area (Å²) in [6, 6.07) is 64.9. The monoisotopic (exact) mass is 752 g/mol. The van der Waals surface area contributed by atoms with Crippen molar-refractivity contribution < 1.29 is 0 Å². The maximum absolute atomic E-state index is 5.47. The molecule has 0 aliphatic carbocycles. The minimum atomic E-state index is 0.688. The van der Waals surface area contributed by atoms with E-state index in [9.17, 15) is 0 Å². The first kappa shape index (κ1) is 33.3. The summed E-state index contributed by atoms with van der Waals surface area (Å²) >= 11 is 0. The van der Waals surface area contributed by atoms with Crippen LogP contribution in [-0.2, 0) is 0 Å². The zero-order chi connectivity index (χ0) is 39.2. The normalized spacial score (nSPS) is 12.3. The van der Waals surface area contributed by atoms with Gasteiger partial charge in [0.15, 0.2) is 5.82 Å². The minimum absolute atomic E-state index is 0.688. The maximum atomic E-state index is 5.47. The Hall–Kier alpha value is -7.82. The third-order valence-electron chi connectivity index (χ3n) is 12.3. The Bertz CT molecular complexity index is 3830. The summed E-state index contributed by atoms with van der Waals surface area (Å²) in [4.78, 5) is 10.6. The van der Waals surface area contributed by atoms with E-state index in [1.807, 2.05) is 0 Å². The van der Waals surface area contributed by atoms with Crippen molar-refractivity contribution in [2.75, 3.05) is 0 Å². The number of hydrogen-bond acceptors (Lipinski definition) is 2. The fourth-order valence-electron chi connectivity index (χ4n) is 9.40. The Morgan fingerprint density at radius 1 is 0.475 bits per heavy atom. The molecule has 0 saturated heterocycles. The molecule has 3 heterocycles. The van der Waals surface area contributed by atoms with Gasteiger partial charge in [0, 0.05) is 32.5 Å². The second kappa shape index (κ2) is 12.9. The van der Waals surface area contributed by atoms with Crippen molar-refractivity contribution in [3.8, 4) is 22.9 Å². The van der Waals surface area contributed by atoms with Crippen molar-refractivity contribution in [2.45, 2.75) is 6.92 Å². The molecular formula is C55H36N4. The van der Waals surface area contributed by atoms with E-state index in [0.29, 0.717) is 5.82 Å². The third-order valence-corrected chi connectivity index (χ3v) is 12.3. The number of nitrogens with zero attached hydrogens (tertiary/aromatic N) is 4. The van der Waals surface area contributed by atoms with E-state index in [-0.39, 0.29) is 0 Å². The van der Waals surface area contributed by atoms with Crippen LogP contribution in [0.4, 0.5) is 0 Å². The summed E-state index contributed by atoms with van der Waals surface area (Å²) in [6.45, 7) is 7.03. The molecular weight excluding hydrogens is 717 g/mol. The largest absolute Gasteiger partial charge is 0.308 e. The number of aromatic nitrogens is 4. The van der Waals surface area contributed by atoms with Gasteiger partial charge in [0.1, 0.15) is 5.82 Å². The van der Waals surface area contributed by atoms with Gasteiger partial charge in [0.25, 0.3) is 0 Å². The van der Waals surface area contributed by atoms with Crippen LogP contribution in [0.15, 0.2) is 182 Å². The number of benzene rings is 9. The predicted octanol–water partition coefficient (Wildman–Crippen LogP) is 12.3. The van der Waals surface area contributed by atoms with Gasteiger partial charge >= 0.3 is 0 Å². The van der Waals surface area contributed by atoms with Crippen molar-refractivity contribution in [1.29, 1.82) is 0 Å². The number of fused-ring (bicyclic) bond motifs is 10. The van der Waals surface area contributed by atoms with Crippen LogP contribution >= 0.6 is 0 Å². The van der Waals surface area contributed by atoms with Crippen LogP contribution in [-0.4, -0.2) is 19.1 Å². The molecule has 0 aliphatic rings. The molecule has 0 bridgehead atoms. The molecule has 12 rings (SSSR count). The van der Waals surface area contributed by atoms with Gasteiger partial charge in [0.2, 0.25) is 0 Å².